The summed E-state index contributed by atoms with van der Waals surface area (Å²) in [6, 6.07) is 16.2. The molecule has 1 aromatic heterocycles. The first-order valence-corrected chi connectivity index (χ1v) is 10.7. The summed E-state index contributed by atoms with van der Waals surface area (Å²) in [5.74, 6) is 2.89. The summed E-state index contributed by atoms with van der Waals surface area (Å²) in [6.07, 6.45) is 1.72. The largest absolute Gasteiger partial charge is 0.491 e. The predicted octanol–water partition coefficient (Wildman–Crippen LogP) is 5.28. The molecule has 32 heavy (non-hydrogen) atoms. The lowest BCUT2D eigenvalue weighted by Gasteiger charge is -2.14. The second-order valence-electron chi connectivity index (χ2n) is 7.67. The van der Waals surface area contributed by atoms with Gasteiger partial charge in [0, 0.05) is 18.7 Å². The van der Waals surface area contributed by atoms with Crippen molar-refractivity contribution in [3.63, 3.8) is 0 Å². The third-order valence-electron chi connectivity index (χ3n) is 4.59. The Labute approximate surface area is 207 Å². The molecule has 1 heterocycles. The fraction of sp³-hybridized carbons (Fsp3) is 0.375. The van der Waals surface area contributed by atoms with Gasteiger partial charge in [0.15, 0.2) is 11.8 Å². The first-order valence-electron chi connectivity index (χ1n) is 10.7. The maximum Gasteiger partial charge on any atom is 0.226 e. The minimum atomic E-state index is 0. The molecule has 0 unspecified atom stereocenters. The van der Waals surface area contributed by atoms with Crippen LogP contribution in [0.4, 0.5) is 5.69 Å². The quantitative estimate of drug-likeness (QED) is 0.164. The van der Waals surface area contributed by atoms with Crippen LogP contribution in [0.15, 0.2) is 58.0 Å². The number of aliphatic imine (C=N–C) groups is 1. The molecule has 0 atom stereocenters. The number of aromatic nitrogens is 2. The summed E-state index contributed by atoms with van der Waals surface area (Å²) in [4.78, 5) is 9.03. The van der Waals surface area contributed by atoms with Crippen LogP contribution in [0.1, 0.15) is 43.1 Å². The van der Waals surface area contributed by atoms with Gasteiger partial charge in [-0.15, -0.1) is 24.0 Å². The van der Waals surface area contributed by atoms with Gasteiger partial charge in [0.25, 0.3) is 0 Å². The van der Waals surface area contributed by atoms with E-state index in [-0.39, 0.29) is 30.1 Å². The number of nitrogens with zero attached hydrogens (tertiary/aromatic N) is 3. The Morgan fingerprint density at radius 1 is 1.09 bits per heavy atom. The molecule has 172 valence electrons. The van der Waals surface area contributed by atoms with Crippen LogP contribution in [-0.2, 0) is 13.0 Å². The minimum absolute atomic E-state index is 0. The van der Waals surface area contributed by atoms with Crippen LogP contribution < -0.4 is 15.4 Å². The fourth-order valence-corrected chi connectivity index (χ4v) is 3.01. The Balaban J connectivity index is 0.00000363. The summed E-state index contributed by atoms with van der Waals surface area (Å²) >= 11 is 0. The van der Waals surface area contributed by atoms with E-state index in [1.807, 2.05) is 57.2 Å². The highest BCUT2D eigenvalue weighted by atomic mass is 127. The standard InChI is InChI=1S/C24H31N5O2.HI/c1-17(2)30-22-13-11-21(12-14-22)28-24(26-16-20-9-6-5-8-18(20)3)25-15-7-10-23-27-19(4)29-31-23;/h5-6,8-9,11-14,17H,7,10,15-16H2,1-4H3,(H2,25,26,28);1H. The fourth-order valence-electron chi connectivity index (χ4n) is 3.01. The van der Waals surface area contributed by atoms with E-state index in [4.69, 9.17) is 14.3 Å². The van der Waals surface area contributed by atoms with Gasteiger partial charge < -0.3 is 19.9 Å². The van der Waals surface area contributed by atoms with Crippen LogP contribution in [0.25, 0.3) is 0 Å². The Morgan fingerprint density at radius 2 is 1.84 bits per heavy atom. The first-order chi connectivity index (χ1) is 15.0. The monoisotopic (exact) mass is 549 g/mol. The molecule has 0 aliphatic heterocycles. The second-order valence-corrected chi connectivity index (χ2v) is 7.67. The zero-order chi connectivity index (χ0) is 22.1. The van der Waals surface area contributed by atoms with Gasteiger partial charge in [-0.2, -0.15) is 4.98 Å². The Hall–Kier alpha value is -2.62. The number of aryl methyl sites for hydroxylation is 3. The third-order valence-corrected chi connectivity index (χ3v) is 4.59. The van der Waals surface area contributed by atoms with E-state index < -0.39 is 0 Å². The number of ether oxygens (including phenoxy) is 1. The number of nitrogens with one attached hydrogen (secondary N) is 2. The number of anilines is 1. The lowest BCUT2D eigenvalue weighted by Crippen LogP contribution is -2.32. The molecule has 0 amide bonds. The molecule has 3 rings (SSSR count). The third kappa shape index (κ3) is 8.49. The zero-order valence-corrected chi connectivity index (χ0v) is 21.4. The van der Waals surface area contributed by atoms with Crippen LogP contribution in [0, 0.1) is 13.8 Å². The molecule has 0 aliphatic carbocycles. The average Bonchev–Trinajstić information content (AvgIpc) is 3.16. The van der Waals surface area contributed by atoms with Gasteiger partial charge in [-0.1, -0.05) is 29.4 Å². The van der Waals surface area contributed by atoms with Crippen molar-refractivity contribution in [2.45, 2.75) is 53.2 Å². The van der Waals surface area contributed by atoms with Crippen molar-refractivity contribution in [1.82, 2.24) is 15.5 Å². The minimum Gasteiger partial charge on any atom is -0.491 e. The number of halogens is 1. The van der Waals surface area contributed by atoms with E-state index in [9.17, 15) is 0 Å². The summed E-state index contributed by atoms with van der Waals surface area (Å²) in [7, 11) is 0. The van der Waals surface area contributed by atoms with Crippen molar-refractivity contribution in [3.05, 3.63) is 71.4 Å². The molecule has 0 fully saturated rings. The van der Waals surface area contributed by atoms with Gasteiger partial charge in [0.1, 0.15) is 5.75 Å². The van der Waals surface area contributed by atoms with E-state index in [2.05, 4.69) is 39.8 Å². The molecule has 0 bridgehead atoms. The summed E-state index contributed by atoms with van der Waals surface area (Å²) in [5.41, 5.74) is 3.37. The maximum atomic E-state index is 5.72. The van der Waals surface area contributed by atoms with Crippen LogP contribution in [0.2, 0.25) is 0 Å². The molecule has 0 aliphatic rings. The maximum absolute atomic E-state index is 5.72. The van der Waals surface area contributed by atoms with E-state index in [1.54, 1.807) is 0 Å². The molecule has 0 radical (unpaired) electrons. The van der Waals surface area contributed by atoms with Gasteiger partial charge in [-0.3, -0.25) is 0 Å². The van der Waals surface area contributed by atoms with Crippen molar-refractivity contribution in [2.75, 3.05) is 11.9 Å². The Morgan fingerprint density at radius 3 is 2.50 bits per heavy atom. The number of benzene rings is 2. The summed E-state index contributed by atoms with van der Waals surface area (Å²) < 4.78 is 10.9. The van der Waals surface area contributed by atoms with Gasteiger partial charge in [-0.05, 0) is 69.5 Å². The van der Waals surface area contributed by atoms with Crippen molar-refractivity contribution in [2.24, 2.45) is 4.99 Å². The van der Waals surface area contributed by atoms with Crippen molar-refractivity contribution >= 4 is 35.6 Å². The molecule has 0 spiro atoms. The number of hydrogen-bond acceptors (Lipinski definition) is 5. The van der Waals surface area contributed by atoms with Crippen LogP contribution in [0.3, 0.4) is 0 Å². The molecule has 8 heteroatoms. The average molecular weight is 549 g/mol. The Kier molecular flexibility index (Phi) is 10.5. The molecule has 2 N–H and O–H groups in total. The first kappa shape index (κ1) is 25.6. The SMILES string of the molecule is Cc1noc(CCCNC(=NCc2ccccc2C)Nc2ccc(OC(C)C)cc2)n1.I. The highest BCUT2D eigenvalue weighted by molar-refractivity contribution is 14.0. The van der Waals surface area contributed by atoms with Gasteiger partial charge in [0.05, 0.1) is 12.6 Å². The van der Waals surface area contributed by atoms with E-state index in [1.165, 1.54) is 11.1 Å². The molecule has 3 aromatic rings. The molecule has 0 saturated carbocycles. The summed E-state index contributed by atoms with van der Waals surface area (Å²) in [5, 5.41) is 10.6. The Bertz CT molecular complexity index is 986. The van der Waals surface area contributed by atoms with Crippen LogP contribution >= 0.6 is 24.0 Å². The van der Waals surface area contributed by atoms with Crippen molar-refractivity contribution in [1.29, 1.82) is 0 Å². The van der Waals surface area contributed by atoms with E-state index in [0.717, 1.165) is 36.8 Å². The zero-order valence-electron chi connectivity index (χ0n) is 19.1. The molecular formula is C24H32IN5O2. The highest BCUT2D eigenvalue weighted by Gasteiger charge is 2.05. The lowest BCUT2D eigenvalue weighted by molar-refractivity contribution is 0.242. The molecule has 2 aromatic carbocycles. The lowest BCUT2D eigenvalue weighted by atomic mass is 10.1. The van der Waals surface area contributed by atoms with Gasteiger partial charge >= 0.3 is 0 Å². The van der Waals surface area contributed by atoms with Crippen LogP contribution in [-0.4, -0.2) is 28.7 Å². The number of hydrogen-bond donors (Lipinski definition) is 2. The number of guanidine groups is 1. The number of rotatable bonds is 9. The van der Waals surface area contributed by atoms with E-state index >= 15 is 0 Å². The second kappa shape index (κ2) is 13.0. The molecule has 0 saturated heterocycles. The van der Waals surface area contributed by atoms with E-state index in [0.29, 0.717) is 18.3 Å². The topological polar surface area (TPSA) is 84.6 Å². The highest BCUT2D eigenvalue weighted by Crippen LogP contribution is 2.17. The smallest absolute Gasteiger partial charge is 0.226 e. The van der Waals surface area contributed by atoms with Gasteiger partial charge in [0.2, 0.25) is 5.89 Å². The normalized spacial score (nSPS) is 11.2. The van der Waals surface area contributed by atoms with Crippen molar-refractivity contribution < 1.29 is 9.26 Å². The molecule has 7 nitrogen and oxygen atoms in total. The predicted molar refractivity (Wildman–Crippen MR) is 139 cm³/mol. The van der Waals surface area contributed by atoms with Gasteiger partial charge in [-0.25, -0.2) is 4.99 Å². The van der Waals surface area contributed by atoms with Crippen molar-refractivity contribution in [3.8, 4) is 5.75 Å². The molecular weight excluding hydrogens is 517 g/mol. The van der Waals surface area contributed by atoms with Crippen LogP contribution in [0.5, 0.6) is 5.75 Å². The summed E-state index contributed by atoms with van der Waals surface area (Å²) in [6.45, 7) is 9.28.